The molecule has 0 aliphatic rings. The number of likely N-dealkylation sites (N-methyl/N-ethyl adjacent to an activating group) is 1. The van der Waals surface area contributed by atoms with Gasteiger partial charge in [0.25, 0.3) is 0 Å². The number of carbonyl (C=O) groups excluding carboxylic acids is 1. The van der Waals surface area contributed by atoms with Gasteiger partial charge in [-0.2, -0.15) is 0 Å². The van der Waals surface area contributed by atoms with Crippen molar-refractivity contribution in [2.75, 3.05) is 20.6 Å². The van der Waals surface area contributed by atoms with Crippen LogP contribution in [-0.2, 0) is 9.59 Å². The Morgan fingerprint density at radius 1 is 1.50 bits per heavy atom. The molecule has 70 valence electrons. The van der Waals surface area contributed by atoms with Crippen molar-refractivity contribution >= 4 is 11.9 Å². The van der Waals surface area contributed by atoms with Gasteiger partial charge in [0.1, 0.15) is 6.04 Å². The van der Waals surface area contributed by atoms with Crippen molar-refractivity contribution in [1.29, 1.82) is 0 Å². The fraction of sp³-hybridized carbons (Fsp3) is 0.714. The Bertz CT molecular complexity index is 179. The average molecular weight is 174 g/mol. The van der Waals surface area contributed by atoms with Crippen molar-refractivity contribution in [2.24, 2.45) is 0 Å². The van der Waals surface area contributed by atoms with Gasteiger partial charge in [-0.05, 0) is 6.92 Å². The second-order valence-electron chi connectivity index (χ2n) is 2.73. The third-order valence-electron chi connectivity index (χ3n) is 1.43. The number of nitrogens with one attached hydrogen (secondary N) is 1. The minimum Gasteiger partial charge on any atom is -0.480 e. The fourth-order valence-corrected chi connectivity index (χ4v) is 0.486. The Morgan fingerprint density at radius 3 is 2.33 bits per heavy atom. The Kier molecular flexibility index (Phi) is 4.28. The van der Waals surface area contributed by atoms with Crippen LogP contribution in [0.1, 0.15) is 6.92 Å². The number of hydrogen-bond donors (Lipinski definition) is 2. The van der Waals surface area contributed by atoms with E-state index in [9.17, 15) is 9.59 Å². The molecule has 0 aliphatic heterocycles. The second kappa shape index (κ2) is 4.71. The van der Waals surface area contributed by atoms with E-state index in [4.69, 9.17) is 5.11 Å². The van der Waals surface area contributed by atoms with Gasteiger partial charge in [-0.25, -0.2) is 0 Å². The van der Waals surface area contributed by atoms with E-state index in [0.717, 1.165) is 0 Å². The number of hydrogen-bond acceptors (Lipinski definition) is 3. The number of carboxylic acid groups (broad SMARTS) is 1. The molecular weight excluding hydrogens is 160 g/mol. The van der Waals surface area contributed by atoms with Gasteiger partial charge < -0.3 is 10.0 Å². The Balaban J connectivity index is 3.69. The molecule has 5 nitrogen and oxygen atoms in total. The molecule has 12 heavy (non-hydrogen) atoms. The van der Waals surface area contributed by atoms with Gasteiger partial charge in [-0.3, -0.25) is 14.9 Å². The summed E-state index contributed by atoms with van der Waals surface area (Å²) in [6.45, 7) is 1.55. The molecule has 1 unspecified atom stereocenters. The van der Waals surface area contributed by atoms with Crippen LogP contribution in [0.5, 0.6) is 0 Å². The lowest BCUT2D eigenvalue weighted by Gasteiger charge is -2.12. The summed E-state index contributed by atoms with van der Waals surface area (Å²) in [5.74, 6) is -1.09. The summed E-state index contributed by atoms with van der Waals surface area (Å²) in [7, 11) is 3.24. The molecule has 0 heterocycles. The highest BCUT2D eigenvalue weighted by Gasteiger charge is 2.11. The van der Waals surface area contributed by atoms with Crippen molar-refractivity contribution in [2.45, 2.75) is 13.0 Å². The topological polar surface area (TPSA) is 69.6 Å². The van der Waals surface area contributed by atoms with Crippen LogP contribution in [0, 0.1) is 0 Å². The van der Waals surface area contributed by atoms with E-state index in [2.05, 4.69) is 5.32 Å². The number of nitrogens with zero attached hydrogens (tertiary/aromatic N) is 1. The quantitative estimate of drug-likeness (QED) is 0.581. The zero-order valence-electron chi connectivity index (χ0n) is 7.50. The van der Waals surface area contributed by atoms with Gasteiger partial charge in [0.2, 0.25) is 5.91 Å². The smallest absolute Gasteiger partial charge is 0.320 e. The van der Waals surface area contributed by atoms with Gasteiger partial charge >= 0.3 is 5.97 Å². The third kappa shape index (κ3) is 3.92. The van der Waals surface area contributed by atoms with E-state index in [1.807, 2.05) is 0 Å². The summed E-state index contributed by atoms with van der Waals surface area (Å²) in [6.07, 6.45) is 0. The van der Waals surface area contributed by atoms with Gasteiger partial charge in [-0.1, -0.05) is 0 Å². The van der Waals surface area contributed by atoms with Gasteiger partial charge in [0, 0.05) is 14.1 Å². The first-order valence-corrected chi connectivity index (χ1v) is 3.61. The maximum Gasteiger partial charge on any atom is 0.320 e. The van der Waals surface area contributed by atoms with E-state index >= 15 is 0 Å². The summed E-state index contributed by atoms with van der Waals surface area (Å²) in [5.41, 5.74) is 0. The van der Waals surface area contributed by atoms with Crippen molar-refractivity contribution in [3.05, 3.63) is 0 Å². The van der Waals surface area contributed by atoms with Crippen LogP contribution in [0.2, 0.25) is 0 Å². The van der Waals surface area contributed by atoms with Crippen molar-refractivity contribution in [1.82, 2.24) is 10.2 Å². The lowest BCUT2D eigenvalue weighted by Crippen LogP contribution is -2.40. The van der Waals surface area contributed by atoms with Gasteiger partial charge in [0.05, 0.1) is 6.54 Å². The van der Waals surface area contributed by atoms with Crippen molar-refractivity contribution in [3.63, 3.8) is 0 Å². The van der Waals surface area contributed by atoms with Crippen molar-refractivity contribution < 1.29 is 14.7 Å². The van der Waals surface area contributed by atoms with E-state index in [-0.39, 0.29) is 12.5 Å². The molecule has 1 amide bonds. The van der Waals surface area contributed by atoms with Crippen LogP contribution in [-0.4, -0.2) is 48.6 Å². The molecule has 1 atom stereocenters. The number of amides is 1. The fourth-order valence-electron chi connectivity index (χ4n) is 0.486. The van der Waals surface area contributed by atoms with E-state index in [1.54, 1.807) is 14.1 Å². The normalized spacial score (nSPS) is 12.2. The zero-order valence-corrected chi connectivity index (χ0v) is 7.50. The van der Waals surface area contributed by atoms with Crippen LogP contribution < -0.4 is 5.32 Å². The summed E-state index contributed by atoms with van der Waals surface area (Å²) in [4.78, 5) is 22.6. The van der Waals surface area contributed by atoms with Crippen LogP contribution in [0.4, 0.5) is 0 Å². The summed E-state index contributed by atoms with van der Waals surface area (Å²) >= 11 is 0. The number of aliphatic carboxylic acids is 1. The average Bonchev–Trinajstić information content (AvgIpc) is 1.98. The molecule has 5 heteroatoms. The molecule has 0 saturated heterocycles. The highest BCUT2D eigenvalue weighted by Crippen LogP contribution is 1.82. The van der Waals surface area contributed by atoms with Crippen molar-refractivity contribution in [3.8, 4) is 0 Å². The molecule has 0 aromatic rings. The third-order valence-corrected chi connectivity index (χ3v) is 1.43. The Labute approximate surface area is 71.4 Å². The van der Waals surface area contributed by atoms with E-state index < -0.39 is 12.0 Å². The predicted octanol–water partition coefficient (Wildman–Crippen LogP) is -0.863. The second-order valence-corrected chi connectivity index (χ2v) is 2.73. The lowest BCUT2D eigenvalue weighted by molar-refractivity contribution is -0.139. The van der Waals surface area contributed by atoms with Crippen LogP contribution >= 0.6 is 0 Å². The monoisotopic (exact) mass is 174 g/mol. The molecule has 0 spiro atoms. The van der Waals surface area contributed by atoms with Crippen LogP contribution in [0.25, 0.3) is 0 Å². The number of carbonyl (C=O) groups is 2. The minimum absolute atomic E-state index is 0.0560. The molecule has 0 aliphatic carbocycles. The SMILES string of the molecule is CC(NCC(=O)N(C)C)C(=O)O. The highest BCUT2D eigenvalue weighted by atomic mass is 16.4. The summed E-state index contributed by atoms with van der Waals surface area (Å²) < 4.78 is 0. The van der Waals surface area contributed by atoms with Gasteiger partial charge in [-0.15, -0.1) is 0 Å². The molecule has 0 aromatic carbocycles. The molecule has 0 aromatic heterocycles. The number of carboxylic acids is 1. The maximum absolute atomic E-state index is 10.9. The first-order valence-electron chi connectivity index (χ1n) is 3.61. The Hall–Kier alpha value is -1.10. The molecule has 0 bridgehead atoms. The predicted molar refractivity (Wildman–Crippen MR) is 43.8 cm³/mol. The van der Waals surface area contributed by atoms with Gasteiger partial charge in [0.15, 0.2) is 0 Å². The lowest BCUT2D eigenvalue weighted by atomic mass is 10.3. The molecule has 2 N–H and O–H groups in total. The summed E-state index contributed by atoms with van der Waals surface area (Å²) in [6, 6.07) is -0.686. The molecule has 0 radical (unpaired) electrons. The standard InChI is InChI=1S/C7H14N2O3/c1-5(7(11)12)8-4-6(10)9(2)3/h5,8H,4H2,1-3H3,(H,11,12). The van der Waals surface area contributed by atoms with Crippen LogP contribution in [0.15, 0.2) is 0 Å². The maximum atomic E-state index is 10.9. The molecule has 0 saturated carbocycles. The van der Waals surface area contributed by atoms with Crippen LogP contribution in [0.3, 0.4) is 0 Å². The summed E-state index contributed by atoms with van der Waals surface area (Å²) in [5, 5.41) is 11.0. The molecule has 0 rings (SSSR count). The number of rotatable bonds is 4. The van der Waals surface area contributed by atoms with E-state index in [0.29, 0.717) is 0 Å². The highest BCUT2D eigenvalue weighted by molar-refractivity contribution is 5.79. The van der Waals surface area contributed by atoms with E-state index in [1.165, 1.54) is 11.8 Å². The largest absolute Gasteiger partial charge is 0.480 e. The first kappa shape index (κ1) is 10.9. The molecule has 0 fully saturated rings. The Morgan fingerprint density at radius 2 is 2.00 bits per heavy atom. The minimum atomic E-state index is -0.957. The zero-order chi connectivity index (χ0) is 9.72. The molecular formula is C7H14N2O3. The first-order chi connectivity index (χ1) is 5.45.